The zero-order chi connectivity index (χ0) is 15.5. The van der Waals surface area contributed by atoms with E-state index in [-0.39, 0.29) is 11.6 Å². The number of halogens is 4. The molecule has 0 fully saturated rings. The molecular formula is C16H14ClF3O. The molecule has 0 saturated carbocycles. The van der Waals surface area contributed by atoms with E-state index in [9.17, 15) is 13.2 Å². The molecule has 0 aliphatic heterocycles. The highest BCUT2D eigenvalue weighted by Gasteiger charge is 2.34. The van der Waals surface area contributed by atoms with Crippen molar-refractivity contribution in [1.29, 1.82) is 0 Å². The van der Waals surface area contributed by atoms with E-state index in [1.807, 2.05) is 13.0 Å². The van der Waals surface area contributed by atoms with Gasteiger partial charge in [0.2, 0.25) is 0 Å². The molecule has 0 radical (unpaired) electrons. The maximum absolute atomic E-state index is 13.1. The zero-order valence-corrected chi connectivity index (χ0v) is 12.1. The van der Waals surface area contributed by atoms with E-state index < -0.39 is 11.7 Å². The third kappa shape index (κ3) is 3.91. The van der Waals surface area contributed by atoms with E-state index in [1.165, 1.54) is 12.1 Å². The molecule has 21 heavy (non-hydrogen) atoms. The van der Waals surface area contributed by atoms with Crippen LogP contribution in [0.2, 0.25) is 0 Å². The Morgan fingerprint density at radius 1 is 1.05 bits per heavy atom. The van der Waals surface area contributed by atoms with Gasteiger partial charge in [0.25, 0.3) is 0 Å². The molecule has 0 unspecified atom stereocenters. The minimum atomic E-state index is -4.49. The maximum atomic E-state index is 13.1. The van der Waals surface area contributed by atoms with Gasteiger partial charge in [0.05, 0.1) is 5.56 Å². The van der Waals surface area contributed by atoms with Gasteiger partial charge in [-0.3, -0.25) is 0 Å². The van der Waals surface area contributed by atoms with Crippen molar-refractivity contribution in [1.82, 2.24) is 0 Å². The first-order chi connectivity index (χ1) is 9.94. The number of benzene rings is 2. The maximum Gasteiger partial charge on any atom is 0.419 e. The number of ether oxygens (including phenoxy) is 1. The summed E-state index contributed by atoms with van der Waals surface area (Å²) in [4.78, 5) is 0. The molecule has 0 spiro atoms. The third-order valence-corrected chi connectivity index (χ3v) is 3.35. The van der Waals surface area contributed by atoms with Crippen molar-refractivity contribution in [2.24, 2.45) is 0 Å². The van der Waals surface area contributed by atoms with E-state index in [0.29, 0.717) is 11.3 Å². The number of hydrogen-bond acceptors (Lipinski definition) is 1. The van der Waals surface area contributed by atoms with Crippen LogP contribution in [0.25, 0.3) is 0 Å². The standard InChI is InChI=1S/C16H14ClF3O/c1-2-11-4-3-5-13(8-11)21-15-7-6-12(10-17)9-14(15)16(18,19)20/h3-9H,2,10H2,1H3. The van der Waals surface area contributed by atoms with Gasteiger partial charge >= 0.3 is 6.18 Å². The molecule has 0 saturated heterocycles. The van der Waals surface area contributed by atoms with Crippen molar-refractivity contribution >= 4 is 11.6 Å². The van der Waals surface area contributed by atoms with Crippen LogP contribution in [0, 0.1) is 0 Å². The predicted molar refractivity (Wildman–Crippen MR) is 76.9 cm³/mol. The van der Waals surface area contributed by atoms with Crippen LogP contribution in [-0.2, 0) is 18.5 Å². The Hall–Kier alpha value is -1.68. The van der Waals surface area contributed by atoms with Crippen molar-refractivity contribution in [2.75, 3.05) is 0 Å². The van der Waals surface area contributed by atoms with Crippen LogP contribution in [0.15, 0.2) is 42.5 Å². The second-order valence-electron chi connectivity index (χ2n) is 4.56. The van der Waals surface area contributed by atoms with Crippen LogP contribution in [0.4, 0.5) is 13.2 Å². The van der Waals surface area contributed by atoms with Crippen LogP contribution >= 0.6 is 11.6 Å². The first kappa shape index (κ1) is 15.7. The molecule has 112 valence electrons. The lowest BCUT2D eigenvalue weighted by atomic mass is 10.1. The summed E-state index contributed by atoms with van der Waals surface area (Å²) >= 11 is 5.59. The quantitative estimate of drug-likeness (QED) is 0.648. The van der Waals surface area contributed by atoms with Gasteiger partial charge in [0.1, 0.15) is 11.5 Å². The average molecular weight is 315 g/mol. The molecule has 0 aliphatic carbocycles. The van der Waals surface area contributed by atoms with E-state index in [4.69, 9.17) is 16.3 Å². The van der Waals surface area contributed by atoms with Crippen molar-refractivity contribution in [2.45, 2.75) is 25.4 Å². The Morgan fingerprint density at radius 3 is 2.43 bits per heavy atom. The van der Waals surface area contributed by atoms with Gasteiger partial charge in [-0.05, 0) is 41.8 Å². The summed E-state index contributed by atoms with van der Waals surface area (Å²) in [6.45, 7) is 1.97. The highest BCUT2D eigenvalue weighted by molar-refractivity contribution is 6.17. The van der Waals surface area contributed by atoms with Crippen LogP contribution in [-0.4, -0.2) is 0 Å². The zero-order valence-electron chi connectivity index (χ0n) is 11.4. The summed E-state index contributed by atoms with van der Waals surface area (Å²) < 4.78 is 44.7. The molecule has 0 aromatic heterocycles. The van der Waals surface area contributed by atoms with Crippen molar-refractivity contribution in [3.63, 3.8) is 0 Å². The molecular weight excluding hydrogens is 301 g/mol. The van der Waals surface area contributed by atoms with E-state index in [0.717, 1.165) is 18.1 Å². The first-order valence-corrected chi connectivity index (χ1v) is 7.00. The van der Waals surface area contributed by atoms with Crippen LogP contribution in [0.1, 0.15) is 23.6 Å². The topological polar surface area (TPSA) is 9.23 Å². The van der Waals surface area contributed by atoms with Crippen LogP contribution in [0.3, 0.4) is 0 Å². The monoisotopic (exact) mass is 314 g/mol. The molecule has 5 heteroatoms. The minimum absolute atomic E-state index is 0.0225. The van der Waals surface area contributed by atoms with Gasteiger partial charge in [-0.25, -0.2) is 0 Å². The van der Waals surface area contributed by atoms with Crippen molar-refractivity contribution in [3.8, 4) is 11.5 Å². The summed E-state index contributed by atoms with van der Waals surface area (Å²) in [7, 11) is 0. The molecule has 0 heterocycles. The average Bonchev–Trinajstić information content (AvgIpc) is 2.46. The Balaban J connectivity index is 2.39. The SMILES string of the molecule is CCc1cccc(Oc2ccc(CCl)cc2C(F)(F)F)c1. The van der Waals surface area contributed by atoms with Crippen LogP contribution < -0.4 is 4.74 Å². The van der Waals surface area contributed by atoms with Gasteiger partial charge in [0.15, 0.2) is 0 Å². The highest BCUT2D eigenvalue weighted by Crippen LogP contribution is 2.39. The van der Waals surface area contributed by atoms with Crippen LogP contribution in [0.5, 0.6) is 11.5 Å². The van der Waals surface area contributed by atoms with Crippen molar-refractivity contribution < 1.29 is 17.9 Å². The molecule has 2 aromatic carbocycles. The van der Waals surface area contributed by atoms with Gasteiger partial charge in [-0.15, -0.1) is 11.6 Å². The molecule has 2 rings (SSSR count). The number of alkyl halides is 4. The van der Waals surface area contributed by atoms with E-state index in [2.05, 4.69) is 0 Å². The molecule has 2 aromatic rings. The second kappa shape index (κ2) is 6.39. The molecule has 0 atom stereocenters. The fourth-order valence-corrected chi connectivity index (χ4v) is 2.09. The Labute approximate surface area is 126 Å². The fourth-order valence-electron chi connectivity index (χ4n) is 1.93. The minimum Gasteiger partial charge on any atom is -0.457 e. The molecule has 1 nitrogen and oxygen atoms in total. The Bertz CT molecular complexity index is 623. The molecule has 0 amide bonds. The lowest BCUT2D eigenvalue weighted by Crippen LogP contribution is -2.08. The lowest BCUT2D eigenvalue weighted by Gasteiger charge is -2.15. The summed E-state index contributed by atoms with van der Waals surface area (Å²) in [5.74, 6) is 0.192. The van der Waals surface area contributed by atoms with E-state index >= 15 is 0 Å². The van der Waals surface area contributed by atoms with Gasteiger partial charge in [-0.2, -0.15) is 13.2 Å². The number of hydrogen-bond donors (Lipinski definition) is 0. The molecule has 0 bridgehead atoms. The number of rotatable bonds is 4. The van der Waals surface area contributed by atoms with Gasteiger partial charge < -0.3 is 4.74 Å². The molecule has 0 N–H and O–H groups in total. The van der Waals surface area contributed by atoms with Gasteiger partial charge in [-0.1, -0.05) is 25.1 Å². The first-order valence-electron chi connectivity index (χ1n) is 6.47. The van der Waals surface area contributed by atoms with E-state index in [1.54, 1.807) is 18.2 Å². The highest BCUT2D eigenvalue weighted by atomic mass is 35.5. The summed E-state index contributed by atoms with van der Waals surface area (Å²) in [6, 6.07) is 10.9. The predicted octanol–water partition coefficient (Wildman–Crippen LogP) is 5.80. The normalized spacial score (nSPS) is 11.5. The lowest BCUT2D eigenvalue weighted by molar-refractivity contribution is -0.138. The van der Waals surface area contributed by atoms with Crippen molar-refractivity contribution in [3.05, 3.63) is 59.2 Å². The Kier molecular flexibility index (Phi) is 4.78. The smallest absolute Gasteiger partial charge is 0.419 e. The van der Waals surface area contributed by atoms with Gasteiger partial charge in [0, 0.05) is 5.88 Å². The Morgan fingerprint density at radius 2 is 1.81 bits per heavy atom. The number of aryl methyl sites for hydroxylation is 1. The summed E-state index contributed by atoms with van der Waals surface area (Å²) in [5.41, 5.74) is 0.583. The molecule has 0 aliphatic rings. The summed E-state index contributed by atoms with van der Waals surface area (Å²) in [6.07, 6.45) is -3.70. The summed E-state index contributed by atoms with van der Waals surface area (Å²) in [5, 5.41) is 0. The second-order valence-corrected chi connectivity index (χ2v) is 4.83. The fraction of sp³-hybridized carbons (Fsp3) is 0.250. The largest absolute Gasteiger partial charge is 0.457 e. The third-order valence-electron chi connectivity index (χ3n) is 3.04.